The van der Waals surface area contributed by atoms with Crippen LogP contribution in [-0.4, -0.2) is 47.9 Å². The summed E-state index contributed by atoms with van der Waals surface area (Å²) in [5.41, 5.74) is 2.17. The minimum Gasteiger partial charge on any atom is -0.489 e. The van der Waals surface area contributed by atoms with E-state index in [1.165, 1.54) is 4.57 Å². The zero-order chi connectivity index (χ0) is 25.9. The van der Waals surface area contributed by atoms with Crippen molar-refractivity contribution in [2.45, 2.75) is 20.4 Å². The van der Waals surface area contributed by atoms with E-state index in [-0.39, 0.29) is 38.8 Å². The van der Waals surface area contributed by atoms with E-state index < -0.39 is 11.9 Å². The zero-order valence-corrected chi connectivity index (χ0v) is 20.6. The molecule has 8 heteroatoms. The first-order valence-corrected chi connectivity index (χ1v) is 11.6. The Labute approximate surface area is 210 Å². The van der Waals surface area contributed by atoms with Gasteiger partial charge in [-0.2, -0.15) is 0 Å². The number of ether oxygens (including phenoxy) is 4. The molecule has 0 radical (unpaired) electrons. The highest BCUT2D eigenvalue weighted by molar-refractivity contribution is 5.93. The van der Waals surface area contributed by atoms with Gasteiger partial charge in [0.05, 0.1) is 18.9 Å². The lowest BCUT2D eigenvalue weighted by atomic mass is 10.0. The van der Waals surface area contributed by atoms with Crippen LogP contribution in [0.2, 0.25) is 0 Å². The number of esters is 2. The normalized spacial score (nSPS) is 10.4. The maximum absolute atomic E-state index is 13.0. The second-order valence-corrected chi connectivity index (χ2v) is 7.44. The van der Waals surface area contributed by atoms with Crippen LogP contribution in [0, 0.1) is 0 Å². The number of benzene rings is 2. The van der Waals surface area contributed by atoms with Crippen LogP contribution in [0.1, 0.15) is 24.5 Å². The summed E-state index contributed by atoms with van der Waals surface area (Å²) in [5.74, 6) is -0.146. The smallest absolute Gasteiger partial charge is 0.374 e. The Balaban J connectivity index is 2.36. The van der Waals surface area contributed by atoms with Crippen molar-refractivity contribution in [3.8, 4) is 34.0 Å². The molecular formula is C28H30N2O6. The molecule has 0 aliphatic carbocycles. The number of hydrogen-bond acceptors (Lipinski definition) is 7. The SMILES string of the molecule is C=CCOc1ccccc1-c1nc(C(=O)OCC)n(CC(=O)OCC)c1-c1ccccc1OCC=C. The van der Waals surface area contributed by atoms with Gasteiger partial charge in [0.1, 0.15) is 37.0 Å². The van der Waals surface area contributed by atoms with E-state index in [2.05, 4.69) is 18.1 Å². The number of para-hydroxylation sites is 2. The van der Waals surface area contributed by atoms with Crippen LogP contribution < -0.4 is 9.47 Å². The fraction of sp³-hybridized carbons (Fsp3) is 0.250. The van der Waals surface area contributed by atoms with Gasteiger partial charge in [-0.25, -0.2) is 9.78 Å². The van der Waals surface area contributed by atoms with E-state index in [9.17, 15) is 9.59 Å². The Morgan fingerprint density at radius 3 is 2.00 bits per heavy atom. The van der Waals surface area contributed by atoms with Crippen LogP contribution in [0.25, 0.3) is 22.5 Å². The molecular weight excluding hydrogens is 460 g/mol. The number of hydrogen-bond donors (Lipinski definition) is 0. The monoisotopic (exact) mass is 490 g/mol. The van der Waals surface area contributed by atoms with Gasteiger partial charge >= 0.3 is 11.9 Å². The molecule has 0 spiro atoms. The average Bonchev–Trinajstić information content (AvgIpc) is 3.25. The summed E-state index contributed by atoms with van der Waals surface area (Å²) in [7, 11) is 0. The van der Waals surface area contributed by atoms with Crippen molar-refractivity contribution >= 4 is 11.9 Å². The van der Waals surface area contributed by atoms with Crippen molar-refractivity contribution in [2.75, 3.05) is 26.4 Å². The third-order valence-corrected chi connectivity index (χ3v) is 5.02. The minimum atomic E-state index is -0.664. The molecule has 0 bridgehead atoms. The highest BCUT2D eigenvalue weighted by atomic mass is 16.5. The largest absolute Gasteiger partial charge is 0.489 e. The summed E-state index contributed by atoms with van der Waals surface area (Å²) in [4.78, 5) is 30.3. The lowest BCUT2D eigenvalue weighted by molar-refractivity contribution is -0.143. The van der Waals surface area contributed by atoms with Crippen molar-refractivity contribution in [2.24, 2.45) is 0 Å². The Hall–Kier alpha value is -4.33. The molecule has 8 nitrogen and oxygen atoms in total. The molecule has 0 unspecified atom stereocenters. The third kappa shape index (κ3) is 6.02. The summed E-state index contributed by atoms with van der Waals surface area (Å²) in [6, 6.07) is 14.6. The van der Waals surface area contributed by atoms with Gasteiger partial charge in [0.2, 0.25) is 5.82 Å². The maximum atomic E-state index is 13.0. The Morgan fingerprint density at radius 2 is 1.42 bits per heavy atom. The topological polar surface area (TPSA) is 88.9 Å². The predicted molar refractivity (Wildman–Crippen MR) is 137 cm³/mol. The Morgan fingerprint density at radius 1 is 0.861 bits per heavy atom. The highest BCUT2D eigenvalue weighted by Gasteiger charge is 2.29. The van der Waals surface area contributed by atoms with Gasteiger partial charge in [0.25, 0.3) is 0 Å². The molecule has 0 amide bonds. The molecule has 0 aliphatic rings. The first kappa shape index (κ1) is 26.3. The zero-order valence-electron chi connectivity index (χ0n) is 20.6. The molecule has 0 saturated carbocycles. The van der Waals surface area contributed by atoms with Crippen LogP contribution in [0.3, 0.4) is 0 Å². The molecule has 0 atom stereocenters. The lowest BCUT2D eigenvalue weighted by Gasteiger charge is -2.16. The molecule has 0 N–H and O–H groups in total. The van der Waals surface area contributed by atoms with Crippen molar-refractivity contribution < 1.29 is 28.5 Å². The predicted octanol–water partition coefficient (Wildman–Crippen LogP) is 5.09. The first-order valence-electron chi connectivity index (χ1n) is 11.6. The van der Waals surface area contributed by atoms with Gasteiger partial charge in [-0.05, 0) is 38.1 Å². The number of rotatable bonds is 13. The average molecular weight is 491 g/mol. The van der Waals surface area contributed by atoms with E-state index in [4.69, 9.17) is 18.9 Å². The number of nitrogens with zero attached hydrogens (tertiary/aromatic N) is 2. The lowest BCUT2D eigenvalue weighted by Crippen LogP contribution is -2.20. The molecule has 1 aromatic heterocycles. The second kappa shape index (κ2) is 12.9. The third-order valence-electron chi connectivity index (χ3n) is 5.02. The summed E-state index contributed by atoms with van der Waals surface area (Å²) >= 11 is 0. The molecule has 0 fully saturated rings. The minimum absolute atomic E-state index is 0.0352. The molecule has 1 heterocycles. The Bertz CT molecular complexity index is 1230. The van der Waals surface area contributed by atoms with Crippen LogP contribution in [0.4, 0.5) is 0 Å². The van der Waals surface area contributed by atoms with Crippen LogP contribution in [-0.2, 0) is 20.8 Å². The fourth-order valence-corrected chi connectivity index (χ4v) is 3.63. The molecule has 0 aliphatic heterocycles. The van der Waals surface area contributed by atoms with E-state index in [0.717, 1.165) is 0 Å². The molecule has 0 saturated heterocycles. The quantitative estimate of drug-likeness (QED) is 0.244. The highest BCUT2D eigenvalue weighted by Crippen LogP contribution is 2.41. The standard InChI is InChI=1S/C28H30N2O6/c1-5-17-35-22-15-11-9-13-20(22)25-26(21-14-10-12-16-23(21)36-18-6-2)30(19-24(31)33-7-3)27(29-25)28(32)34-8-4/h5-6,9-16H,1-2,7-8,17-19H2,3-4H3. The van der Waals surface area contributed by atoms with Crippen LogP contribution in [0.5, 0.6) is 11.5 Å². The summed E-state index contributed by atoms with van der Waals surface area (Å²) in [6.45, 7) is 11.5. The number of carbonyl (C=O) groups excluding carboxylic acids is 2. The van der Waals surface area contributed by atoms with E-state index in [1.807, 2.05) is 36.4 Å². The van der Waals surface area contributed by atoms with Gasteiger partial charge in [-0.1, -0.05) is 49.6 Å². The van der Waals surface area contributed by atoms with E-state index in [0.29, 0.717) is 34.0 Å². The van der Waals surface area contributed by atoms with Crippen molar-refractivity contribution in [1.29, 1.82) is 0 Å². The molecule has 3 aromatic rings. The van der Waals surface area contributed by atoms with Crippen LogP contribution in [0.15, 0.2) is 73.8 Å². The first-order chi connectivity index (χ1) is 17.5. The van der Waals surface area contributed by atoms with Crippen molar-refractivity contribution in [3.63, 3.8) is 0 Å². The van der Waals surface area contributed by atoms with Crippen molar-refractivity contribution in [3.05, 3.63) is 79.7 Å². The van der Waals surface area contributed by atoms with Gasteiger partial charge in [-0.15, -0.1) is 0 Å². The number of imidazole rings is 1. The van der Waals surface area contributed by atoms with E-state index >= 15 is 0 Å². The summed E-state index contributed by atoms with van der Waals surface area (Å²) in [6.07, 6.45) is 3.27. The molecule has 36 heavy (non-hydrogen) atoms. The van der Waals surface area contributed by atoms with Crippen LogP contribution >= 0.6 is 0 Å². The Kier molecular flexibility index (Phi) is 9.45. The maximum Gasteiger partial charge on any atom is 0.374 e. The van der Waals surface area contributed by atoms with Gasteiger partial charge in [-0.3, -0.25) is 4.79 Å². The number of aromatic nitrogens is 2. The number of carbonyl (C=O) groups is 2. The van der Waals surface area contributed by atoms with Gasteiger partial charge < -0.3 is 23.5 Å². The van der Waals surface area contributed by atoms with Crippen molar-refractivity contribution in [1.82, 2.24) is 9.55 Å². The van der Waals surface area contributed by atoms with Gasteiger partial charge in [0.15, 0.2) is 0 Å². The molecule has 188 valence electrons. The summed E-state index contributed by atoms with van der Waals surface area (Å²) < 4.78 is 23.8. The summed E-state index contributed by atoms with van der Waals surface area (Å²) in [5, 5.41) is 0. The van der Waals surface area contributed by atoms with E-state index in [1.54, 1.807) is 38.1 Å². The fourth-order valence-electron chi connectivity index (χ4n) is 3.63. The van der Waals surface area contributed by atoms with Gasteiger partial charge in [0, 0.05) is 11.1 Å². The molecule has 2 aromatic carbocycles. The molecule has 3 rings (SSSR count). The second-order valence-electron chi connectivity index (χ2n) is 7.44.